The zero-order valence-electron chi connectivity index (χ0n) is 12.3. The number of carboxylic acid groups (broad SMARTS) is 1. The molecule has 0 aliphatic heterocycles. The quantitative estimate of drug-likeness (QED) is 0.912. The summed E-state index contributed by atoms with van der Waals surface area (Å²) in [6, 6.07) is 4.70. The predicted molar refractivity (Wildman–Crippen MR) is 76.8 cm³/mol. The van der Waals surface area contributed by atoms with Gasteiger partial charge in [0.2, 0.25) is 5.91 Å². The number of aromatic carboxylic acids is 1. The minimum atomic E-state index is -1.15. The number of halogens is 1. The molecule has 0 aliphatic rings. The number of imidazole rings is 1. The summed E-state index contributed by atoms with van der Waals surface area (Å²) in [5.41, 5.74) is 1.25. The molecule has 1 heterocycles. The summed E-state index contributed by atoms with van der Waals surface area (Å²) in [6.45, 7) is 1.80. The van der Waals surface area contributed by atoms with Crippen molar-refractivity contribution in [3.8, 4) is 0 Å². The molecule has 22 heavy (non-hydrogen) atoms. The van der Waals surface area contributed by atoms with E-state index in [-0.39, 0.29) is 30.5 Å². The van der Waals surface area contributed by atoms with Crippen molar-refractivity contribution in [2.75, 3.05) is 7.05 Å². The average molecular weight is 305 g/mol. The standard InChI is InChI=1S/C15H16FN3O3/c1-10-3-4-12(16)11(5-10)7-18(2)14(20)8-19-9-17-6-13(19)15(21)22/h3-6,9H,7-8H2,1-2H3,(H,21,22). The van der Waals surface area contributed by atoms with E-state index in [1.54, 1.807) is 19.2 Å². The molecule has 7 heteroatoms. The molecule has 1 aromatic carbocycles. The largest absolute Gasteiger partial charge is 0.477 e. The summed E-state index contributed by atoms with van der Waals surface area (Å²) in [7, 11) is 1.54. The van der Waals surface area contributed by atoms with Crippen LogP contribution in [0.3, 0.4) is 0 Å². The van der Waals surface area contributed by atoms with Crippen molar-refractivity contribution in [3.05, 3.63) is 53.4 Å². The van der Waals surface area contributed by atoms with Gasteiger partial charge in [-0.2, -0.15) is 0 Å². The molecular formula is C15H16FN3O3. The Labute approximate surface area is 126 Å². The van der Waals surface area contributed by atoms with E-state index in [0.29, 0.717) is 5.56 Å². The summed E-state index contributed by atoms with van der Waals surface area (Å²) in [5.74, 6) is -1.86. The molecule has 2 aromatic rings. The summed E-state index contributed by atoms with van der Waals surface area (Å²) < 4.78 is 15.0. The van der Waals surface area contributed by atoms with Crippen LogP contribution in [0.1, 0.15) is 21.6 Å². The highest BCUT2D eigenvalue weighted by molar-refractivity contribution is 5.86. The van der Waals surface area contributed by atoms with Gasteiger partial charge in [0.15, 0.2) is 0 Å². The average Bonchev–Trinajstić information content (AvgIpc) is 2.91. The smallest absolute Gasteiger partial charge is 0.354 e. The molecule has 0 spiro atoms. The van der Waals surface area contributed by atoms with Crippen molar-refractivity contribution in [2.24, 2.45) is 0 Å². The fourth-order valence-corrected chi connectivity index (χ4v) is 2.06. The molecule has 0 saturated heterocycles. The number of benzene rings is 1. The molecule has 6 nitrogen and oxygen atoms in total. The minimum Gasteiger partial charge on any atom is -0.477 e. The van der Waals surface area contributed by atoms with Crippen LogP contribution in [0.25, 0.3) is 0 Å². The van der Waals surface area contributed by atoms with Gasteiger partial charge in [-0.1, -0.05) is 17.7 Å². The Morgan fingerprint density at radius 1 is 1.41 bits per heavy atom. The van der Waals surface area contributed by atoms with Crippen LogP contribution in [0.15, 0.2) is 30.7 Å². The van der Waals surface area contributed by atoms with Gasteiger partial charge in [-0.25, -0.2) is 14.2 Å². The van der Waals surface area contributed by atoms with Crippen LogP contribution in [0.4, 0.5) is 4.39 Å². The van der Waals surface area contributed by atoms with Gasteiger partial charge in [0, 0.05) is 19.2 Å². The second-order valence-electron chi connectivity index (χ2n) is 5.06. The Bertz CT molecular complexity index is 712. The highest BCUT2D eigenvalue weighted by Crippen LogP contribution is 2.12. The number of carbonyl (C=O) groups is 2. The third-order valence-corrected chi connectivity index (χ3v) is 3.27. The first-order valence-corrected chi connectivity index (χ1v) is 6.61. The Hall–Kier alpha value is -2.70. The maximum absolute atomic E-state index is 13.7. The molecule has 1 aromatic heterocycles. The number of rotatable bonds is 5. The van der Waals surface area contributed by atoms with E-state index in [2.05, 4.69) is 4.98 Å². The van der Waals surface area contributed by atoms with Crippen LogP contribution in [0.2, 0.25) is 0 Å². The maximum Gasteiger partial charge on any atom is 0.354 e. The number of carboxylic acids is 1. The fraction of sp³-hybridized carbons (Fsp3) is 0.267. The lowest BCUT2D eigenvalue weighted by atomic mass is 10.1. The number of carbonyl (C=O) groups excluding carboxylic acids is 1. The predicted octanol–water partition coefficient (Wildman–Crippen LogP) is 1.69. The molecule has 0 aliphatic carbocycles. The molecule has 2 rings (SSSR count). The lowest BCUT2D eigenvalue weighted by molar-refractivity contribution is -0.131. The van der Waals surface area contributed by atoms with Gasteiger partial charge in [-0.05, 0) is 13.0 Å². The van der Waals surface area contributed by atoms with E-state index in [1.165, 1.54) is 28.1 Å². The number of amides is 1. The van der Waals surface area contributed by atoms with Gasteiger partial charge in [-0.15, -0.1) is 0 Å². The molecule has 0 radical (unpaired) electrons. The van der Waals surface area contributed by atoms with E-state index in [1.807, 2.05) is 6.92 Å². The first-order chi connectivity index (χ1) is 10.4. The number of hydrogen-bond donors (Lipinski definition) is 1. The molecule has 116 valence electrons. The van der Waals surface area contributed by atoms with Crippen LogP contribution >= 0.6 is 0 Å². The van der Waals surface area contributed by atoms with E-state index in [0.717, 1.165) is 5.56 Å². The molecule has 0 bridgehead atoms. The summed E-state index contributed by atoms with van der Waals surface area (Å²) in [4.78, 5) is 28.2. The van der Waals surface area contributed by atoms with Crippen molar-refractivity contribution >= 4 is 11.9 Å². The monoisotopic (exact) mass is 305 g/mol. The molecule has 1 amide bonds. The molecule has 0 saturated carbocycles. The van der Waals surface area contributed by atoms with Gasteiger partial charge in [-0.3, -0.25) is 4.79 Å². The van der Waals surface area contributed by atoms with Gasteiger partial charge in [0.25, 0.3) is 0 Å². The fourth-order valence-electron chi connectivity index (χ4n) is 2.06. The zero-order valence-corrected chi connectivity index (χ0v) is 12.3. The number of hydrogen-bond acceptors (Lipinski definition) is 3. The molecule has 1 N–H and O–H groups in total. The molecular weight excluding hydrogens is 289 g/mol. The van der Waals surface area contributed by atoms with Crippen molar-refractivity contribution in [2.45, 2.75) is 20.0 Å². The van der Waals surface area contributed by atoms with Crippen molar-refractivity contribution < 1.29 is 19.1 Å². The third-order valence-electron chi connectivity index (χ3n) is 3.27. The van der Waals surface area contributed by atoms with Crippen molar-refractivity contribution in [3.63, 3.8) is 0 Å². The summed E-state index contributed by atoms with van der Waals surface area (Å²) in [6.07, 6.45) is 2.46. The summed E-state index contributed by atoms with van der Waals surface area (Å²) in [5, 5.41) is 8.97. The highest BCUT2D eigenvalue weighted by atomic mass is 19.1. The van der Waals surface area contributed by atoms with E-state index >= 15 is 0 Å². The summed E-state index contributed by atoms with van der Waals surface area (Å²) >= 11 is 0. The van der Waals surface area contributed by atoms with Crippen LogP contribution in [0.5, 0.6) is 0 Å². The van der Waals surface area contributed by atoms with Crippen molar-refractivity contribution in [1.82, 2.24) is 14.5 Å². The Morgan fingerprint density at radius 3 is 2.82 bits per heavy atom. The van der Waals surface area contributed by atoms with Crippen LogP contribution in [-0.2, 0) is 17.9 Å². The molecule has 0 fully saturated rings. The lowest BCUT2D eigenvalue weighted by Crippen LogP contribution is -2.30. The van der Waals surface area contributed by atoms with Crippen LogP contribution in [-0.4, -0.2) is 38.5 Å². The Morgan fingerprint density at radius 2 is 2.14 bits per heavy atom. The topological polar surface area (TPSA) is 75.4 Å². The normalized spacial score (nSPS) is 10.5. The van der Waals surface area contributed by atoms with Gasteiger partial charge in [0.05, 0.1) is 12.5 Å². The number of nitrogens with zero attached hydrogens (tertiary/aromatic N) is 3. The van der Waals surface area contributed by atoms with Gasteiger partial charge < -0.3 is 14.6 Å². The second kappa shape index (κ2) is 6.38. The van der Waals surface area contributed by atoms with E-state index < -0.39 is 5.97 Å². The second-order valence-corrected chi connectivity index (χ2v) is 5.06. The SMILES string of the molecule is Cc1ccc(F)c(CN(C)C(=O)Cn2cncc2C(=O)O)c1. The van der Waals surface area contributed by atoms with Gasteiger partial charge in [0.1, 0.15) is 18.1 Å². The highest BCUT2D eigenvalue weighted by Gasteiger charge is 2.16. The first kappa shape index (κ1) is 15.7. The van der Waals surface area contributed by atoms with E-state index in [9.17, 15) is 14.0 Å². The number of aryl methyl sites for hydroxylation is 1. The molecule has 0 atom stereocenters. The number of aromatic nitrogens is 2. The van der Waals surface area contributed by atoms with Gasteiger partial charge >= 0.3 is 5.97 Å². The van der Waals surface area contributed by atoms with Crippen LogP contribution in [0, 0.1) is 12.7 Å². The Balaban J connectivity index is 2.08. The van der Waals surface area contributed by atoms with E-state index in [4.69, 9.17) is 5.11 Å². The Kier molecular flexibility index (Phi) is 4.55. The zero-order chi connectivity index (χ0) is 16.3. The molecule has 0 unspecified atom stereocenters. The van der Waals surface area contributed by atoms with Crippen LogP contribution < -0.4 is 0 Å². The minimum absolute atomic E-state index is 0.0662. The first-order valence-electron chi connectivity index (χ1n) is 6.61. The maximum atomic E-state index is 13.7. The van der Waals surface area contributed by atoms with Crippen molar-refractivity contribution in [1.29, 1.82) is 0 Å². The number of likely N-dealkylation sites (N-methyl/N-ethyl adjacent to an activating group) is 1. The third kappa shape index (κ3) is 3.49. The lowest BCUT2D eigenvalue weighted by Gasteiger charge is -2.18.